The maximum atomic E-state index is 13.4. The van der Waals surface area contributed by atoms with Gasteiger partial charge in [0, 0.05) is 25.1 Å². The van der Waals surface area contributed by atoms with Crippen molar-refractivity contribution in [2.75, 3.05) is 6.54 Å². The van der Waals surface area contributed by atoms with Gasteiger partial charge in [-0.2, -0.15) is 0 Å². The van der Waals surface area contributed by atoms with E-state index in [-0.39, 0.29) is 30.5 Å². The minimum absolute atomic E-state index is 0.0616. The van der Waals surface area contributed by atoms with Gasteiger partial charge in [-0.3, -0.25) is 9.59 Å². The molecule has 1 unspecified atom stereocenters. The summed E-state index contributed by atoms with van der Waals surface area (Å²) in [4.78, 5) is 23.6. The summed E-state index contributed by atoms with van der Waals surface area (Å²) in [5.41, 5.74) is -0.205. The summed E-state index contributed by atoms with van der Waals surface area (Å²) in [6, 6.07) is 2.93. The summed E-state index contributed by atoms with van der Waals surface area (Å²) in [5, 5.41) is 5.44. The van der Waals surface area contributed by atoms with Gasteiger partial charge in [-0.25, -0.2) is 8.78 Å². The van der Waals surface area contributed by atoms with Crippen molar-refractivity contribution in [1.82, 2.24) is 10.6 Å². The molecule has 4 nitrogen and oxygen atoms in total. The number of carbonyl (C=O) groups excluding carboxylic acids is 2. The van der Waals surface area contributed by atoms with E-state index in [1.165, 1.54) is 0 Å². The molecule has 2 N–H and O–H groups in total. The summed E-state index contributed by atoms with van der Waals surface area (Å²) in [5.74, 6) is -1.70. The third-order valence-corrected chi connectivity index (χ3v) is 3.63. The molecule has 0 aliphatic rings. The molecule has 6 heteroatoms. The van der Waals surface area contributed by atoms with E-state index >= 15 is 0 Å². The van der Waals surface area contributed by atoms with E-state index in [4.69, 9.17) is 0 Å². The first-order valence-corrected chi connectivity index (χ1v) is 8.32. The summed E-state index contributed by atoms with van der Waals surface area (Å²) in [6.45, 7) is 6.51. The Bertz CT molecular complexity index is 562. The standard InChI is InChI=1S/C18H26F2N2O2/c1-12(2)6-7-13(3)22-17(23)5-4-10-21-18(24)15-9-8-14(19)11-16(15)20/h8-9,11-13H,4-7,10H2,1-3H3,(H,21,24)(H,22,23). The molecular formula is C18H26F2N2O2. The number of benzene rings is 1. The molecule has 0 bridgehead atoms. The molecule has 24 heavy (non-hydrogen) atoms. The summed E-state index contributed by atoms with van der Waals surface area (Å²) < 4.78 is 26.2. The molecule has 0 radical (unpaired) electrons. The van der Waals surface area contributed by atoms with Crippen LogP contribution in [0.25, 0.3) is 0 Å². The van der Waals surface area contributed by atoms with Crippen LogP contribution in [0.15, 0.2) is 18.2 Å². The smallest absolute Gasteiger partial charge is 0.254 e. The Morgan fingerprint density at radius 3 is 2.46 bits per heavy atom. The molecule has 1 rings (SSSR count). The van der Waals surface area contributed by atoms with E-state index in [0.29, 0.717) is 18.4 Å². The lowest BCUT2D eigenvalue weighted by molar-refractivity contribution is -0.121. The van der Waals surface area contributed by atoms with Gasteiger partial charge in [0.1, 0.15) is 11.6 Å². The van der Waals surface area contributed by atoms with Crippen LogP contribution in [-0.2, 0) is 4.79 Å². The third kappa shape index (κ3) is 7.53. The monoisotopic (exact) mass is 340 g/mol. The van der Waals surface area contributed by atoms with E-state index in [2.05, 4.69) is 24.5 Å². The van der Waals surface area contributed by atoms with Crippen LogP contribution in [0.5, 0.6) is 0 Å². The van der Waals surface area contributed by atoms with E-state index in [0.717, 1.165) is 25.0 Å². The first-order valence-electron chi connectivity index (χ1n) is 8.32. The van der Waals surface area contributed by atoms with Gasteiger partial charge >= 0.3 is 0 Å². The SMILES string of the molecule is CC(C)CCC(C)NC(=O)CCCNC(=O)c1ccc(F)cc1F. The average molecular weight is 340 g/mol. The number of hydrogen-bond donors (Lipinski definition) is 2. The van der Waals surface area contributed by atoms with Gasteiger partial charge < -0.3 is 10.6 Å². The average Bonchev–Trinajstić information content (AvgIpc) is 2.49. The number of hydrogen-bond acceptors (Lipinski definition) is 2. The largest absolute Gasteiger partial charge is 0.354 e. The van der Waals surface area contributed by atoms with E-state index in [9.17, 15) is 18.4 Å². The van der Waals surface area contributed by atoms with Crippen molar-refractivity contribution in [2.24, 2.45) is 5.92 Å². The molecule has 0 spiro atoms. The fraction of sp³-hybridized carbons (Fsp3) is 0.556. The molecule has 2 amide bonds. The van der Waals surface area contributed by atoms with Gasteiger partial charge in [0.2, 0.25) is 5.91 Å². The zero-order valence-corrected chi connectivity index (χ0v) is 14.5. The van der Waals surface area contributed by atoms with Crippen LogP contribution in [0.4, 0.5) is 8.78 Å². The molecular weight excluding hydrogens is 314 g/mol. The lowest BCUT2D eigenvalue weighted by Crippen LogP contribution is -2.33. The second-order valence-electron chi connectivity index (χ2n) is 6.42. The molecule has 0 saturated carbocycles. The van der Waals surface area contributed by atoms with Crippen LogP contribution in [-0.4, -0.2) is 24.4 Å². The van der Waals surface area contributed by atoms with Gasteiger partial charge in [-0.1, -0.05) is 13.8 Å². The summed E-state index contributed by atoms with van der Waals surface area (Å²) in [7, 11) is 0. The highest BCUT2D eigenvalue weighted by Crippen LogP contribution is 2.09. The number of halogens is 2. The summed E-state index contributed by atoms with van der Waals surface area (Å²) in [6.07, 6.45) is 2.74. The molecule has 1 aromatic carbocycles. The minimum Gasteiger partial charge on any atom is -0.354 e. The van der Waals surface area contributed by atoms with E-state index < -0.39 is 17.5 Å². The predicted molar refractivity (Wildman–Crippen MR) is 89.6 cm³/mol. The van der Waals surface area contributed by atoms with Gasteiger partial charge in [-0.15, -0.1) is 0 Å². The molecule has 1 atom stereocenters. The Kier molecular flexibility index (Phi) is 8.36. The second-order valence-corrected chi connectivity index (χ2v) is 6.42. The Labute approximate surface area is 142 Å². The topological polar surface area (TPSA) is 58.2 Å². The van der Waals surface area contributed by atoms with E-state index in [1.54, 1.807) is 0 Å². The predicted octanol–water partition coefficient (Wildman–Crippen LogP) is 3.42. The highest BCUT2D eigenvalue weighted by atomic mass is 19.1. The van der Waals surface area contributed by atoms with Crippen molar-refractivity contribution >= 4 is 11.8 Å². The Morgan fingerprint density at radius 2 is 1.83 bits per heavy atom. The van der Waals surface area contributed by atoms with Gasteiger partial charge in [0.05, 0.1) is 5.56 Å². The molecule has 0 saturated heterocycles. The zero-order valence-electron chi connectivity index (χ0n) is 14.5. The molecule has 0 aromatic heterocycles. The Balaban J connectivity index is 2.25. The molecule has 1 aromatic rings. The molecule has 134 valence electrons. The van der Waals surface area contributed by atoms with Crippen LogP contribution < -0.4 is 10.6 Å². The van der Waals surface area contributed by atoms with E-state index in [1.807, 2.05) is 6.92 Å². The molecule has 0 aliphatic heterocycles. The lowest BCUT2D eigenvalue weighted by atomic mass is 10.0. The quantitative estimate of drug-likeness (QED) is 0.677. The molecule has 0 fully saturated rings. The number of carbonyl (C=O) groups is 2. The van der Waals surface area contributed by atoms with Crippen LogP contribution in [0.2, 0.25) is 0 Å². The first kappa shape index (κ1) is 20.1. The van der Waals surface area contributed by atoms with Crippen LogP contribution >= 0.6 is 0 Å². The van der Waals surface area contributed by atoms with Crippen molar-refractivity contribution in [3.8, 4) is 0 Å². The normalized spacial score (nSPS) is 12.1. The second kappa shape index (κ2) is 10.0. The maximum Gasteiger partial charge on any atom is 0.254 e. The van der Waals surface area contributed by atoms with Crippen molar-refractivity contribution in [3.63, 3.8) is 0 Å². The number of amides is 2. The number of nitrogens with one attached hydrogen (secondary N) is 2. The van der Waals surface area contributed by atoms with Crippen LogP contribution in [0.1, 0.15) is 56.8 Å². The third-order valence-electron chi connectivity index (χ3n) is 3.63. The summed E-state index contributed by atoms with van der Waals surface area (Å²) >= 11 is 0. The lowest BCUT2D eigenvalue weighted by Gasteiger charge is -2.15. The van der Waals surface area contributed by atoms with Gasteiger partial charge in [0.25, 0.3) is 5.91 Å². The van der Waals surface area contributed by atoms with Crippen LogP contribution in [0.3, 0.4) is 0 Å². The highest BCUT2D eigenvalue weighted by molar-refractivity contribution is 5.94. The highest BCUT2D eigenvalue weighted by Gasteiger charge is 2.12. The van der Waals surface area contributed by atoms with Crippen molar-refractivity contribution in [3.05, 3.63) is 35.4 Å². The van der Waals surface area contributed by atoms with Crippen molar-refractivity contribution in [2.45, 2.75) is 52.5 Å². The van der Waals surface area contributed by atoms with Crippen molar-refractivity contribution < 1.29 is 18.4 Å². The van der Waals surface area contributed by atoms with Gasteiger partial charge in [0.15, 0.2) is 0 Å². The van der Waals surface area contributed by atoms with Crippen LogP contribution in [0, 0.1) is 17.6 Å². The fourth-order valence-electron chi connectivity index (χ4n) is 2.22. The first-order chi connectivity index (χ1) is 11.3. The fourth-order valence-corrected chi connectivity index (χ4v) is 2.22. The minimum atomic E-state index is -0.899. The maximum absolute atomic E-state index is 13.4. The Hall–Kier alpha value is -1.98. The zero-order chi connectivity index (χ0) is 18.1. The number of rotatable bonds is 9. The van der Waals surface area contributed by atoms with Gasteiger partial charge in [-0.05, 0) is 44.2 Å². The Morgan fingerprint density at radius 1 is 1.12 bits per heavy atom. The molecule has 0 aliphatic carbocycles. The van der Waals surface area contributed by atoms with Crippen molar-refractivity contribution in [1.29, 1.82) is 0 Å². The molecule has 0 heterocycles.